The SMILES string of the molecule is CC(=O)O[C@@H]1[C@H](COCc2ccccc2)[C@@H](COCc2ccccc2)O[C@H]1n1ccc(=O)[nH]c1=O. The topological polar surface area (TPSA) is 109 Å². The molecule has 1 aromatic heterocycles. The molecule has 1 aliphatic heterocycles. The van der Waals surface area contributed by atoms with Crippen LogP contribution in [0.2, 0.25) is 0 Å². The van der Waals surface area contributed by atoms with Crippen molar-refractivity contribution in [2.24, 2.45) is 5.92 Å². The third kappa shape index (κ3) is 6.54. The van der Waals surface area contributed by atoms with Crippen molar-refractivity contribution in [2.75, 3.05) is 13.2 Å². The Bertz CT molecular complexity index is 1210. The summed E-state index contributed by atoms with van der Waals surface area (Å²) in [5.41, 5.74) is 0.821. The van der Waals surface area contributed by atoms with E-state index < -0.39 is 41.6 Å². The van der Waals surface area contributed by atoms with Crippen LogP contribution in [-0.4, -0.2) is 40.9 Å². The van der Waals surface area contributed by atoms with Crippen molar-refractivity contribution in [1.82, 2.24) is 9.55 Å². The van der Waals surface area contributed by atoms with Gasteiger partial charge in [0.25, 0.3) is 5.56 Å². The first-order chi connectivity index (χ1) is 17.0. The highest BCUT2D eigenvalue weighted by Gasteiger charge is 2.48. The Morgan fingerprint density at radius 3 is 2.09 bits per heavy atom. The van der Waals surface area contributed by atoms with E-state index in [0.29, 0.717) is 13.2 Å². The minimum atomic E-state index is -0.945. The van der Waals surface area contributed by atoms with Gasteiger partial charge < -0.3 is 18.9 Å². The molecule has 0 amide bonds. The first kappa shape index (κ1) is 24.6. The molecule has 9 heteroatoms. The number of H-pyrrole nitrogens is 1. The molecule has 1 saturated heterocycles. The molecule has 0 aliphatic carbocycles. The summed E-state index contributed by atoms with van der Waals surface area (Å²) in [6, 6.07) is 20.6. The molecule has 0 saturated carbocycles. The molecule has 3 aromatic rings. The molecule has 2 aromatic carbocycles. The molecule has 0 unspecified atom stereocenters. The van der Waals surface area contributed by atoms with Crippen LogP contribution in [0.3, 0.4) is 0 Å². The van der Waals surface area contributed by atoms with Crippen LogP contribution in [0.4, 0.5) is 0 Å². The first-order valence-electron chi connectivity index (χ1n) is 11.4. The van der Waals surface area contributed by atoms with Crippen molar-refractivity contribution in [3.8, 4) is 0 Å². The summed E-state index contributed by atoms with van der Waals surface area (Å²) in [6.07, 6.45) is -0.962. The van der Waals surface area contributed by atoms with E-state index in [1.165, 1.54) is 23.8 Å². The summed E-state index contributed by atoms with van der Waals surface area (Å²) in [5, 5.41) is 0. The molecule has 4 rings (SSSR count). The van der Waals surface area contributed by atoms with E-state index in [1.54, 1.807) is 0 Å². The molecular weight excluding hydrogens is 452 g/mol. The quantitative estimate of drug-likeness (QED) is 0.444. The number of carbonyl (C=O) groups excluding carboxylic acids is 1. The van der Waals surface area contributed by atoms with Gasteiger partial charge in [-0.1, -0.05) is 60.7 Å². The van der Waals surface area contributed by atoms with E-state index in [-0.39, 0.29) is 13.2 Å². The van der Waals surface area contributed by atoms with E-state index in [0.717, 1.165) is 11.1 Å². The van der Waals surface area contributed by atoms with E-state index in [9.17, 15) is 14.4 Å². The lowest BCUT2D eigenvalue weighted by Crippen LogP contribution is -2.39. The monoisotopic (exact) mass is 480 g/mol. The van der Waals surface area contributed by atoms with E-state index in [2.05, 4.69) is 4.98 Å². The van der Waals surface area contributed by atoms with Gasteiger partial charge in [-0.3, -0.25) is 19.1 Å². The normalized spacial score (nSPS) is 21.6. The van der Waals surface area contributed by atoms with Crippen molar-refractivity contribution >= 4 is 5.97 Å². The summed E-state index contributed by atoms with van der Waals surface area (Å²) in [6.45, 7) is 2.44. The third-order valence-corrected chi connectivity index (χ3v) is 5.74. The number of aromatic amines is 1. The molecule has 1 aliphatic rings. The summed E-state index contributed by atoms with van der Waals surface area (Å²) < 4.78 is 24.9. The van der Waals surface area contributed by atoms with Gasteiger partial charge in [-0.05, 0) is 11.1 Å². The number of nitrogens with one attached hydrogen (secondary N) is 1. The standard InChI is InChI=1S/C26H28N2O7/c1-18(29)34-24-21(16-32-14-19-8-4-2-5-9-19)22(17-33-15-20-10-6-3-7-11-20)35-25(24)28-13-12-23(30)27-26(28)31/h2-13,21-22,24-25H,14-17H2,1H3,(H,27,30,31)/t21-,22-,24-,25-/m1/s1. The van der Waals surface area contributed by atoms with Crippen LogP contribution < -0.4 is 11.2 Å². The number of hydrogen-bond donors (Lipinski definition) is 1. The predicted octanol–water partition coefficient (Wildman–Crippen LogP) is 2.42. The number of esters is 1. The molecule has 1 fully saturated rings. The zero-order chi connectivity index (χ0) is 24.6. The smallest absolute Gasteiger partial charge is 0.330 e. The van der Waals surface area contributed by atoms with Crippen LogP contribution >= 0.6 is 0 Å². The molecule has 2 heterocycles. The molecule has 184 valence electrons. The number of hydrogen-bond acceptors (Lipinski definition) is 7. The van der Waals surface area contributed by atoms with Crippen LogP contribution in [0, 0.1) is 5.92 Å². The third-order valence-electron chi connectivity index (χ3n) is 5.74. The first-order valence-corrected chi connectivity index (χ1v) is 11.4. The molecule has 0 radical (unpaired) electrons. The van der Waals surface area contributed by atoms with Gasteiger partial charge in [0.1, 0.15) is 0 Å². The van der Waals surface area contributed by atoms with Gasteiger partial charge in [0.2, 0.25) is 0 Å². The van der Waals surface area contributed by atoms with Gasteiger partial charge in [0.05, 0.1) is 38.4 Å². The van der Waals surface area contributed by atoms with Gasteiger partial charge >= 0.3 is 11.7 Å². The van der Waals surface area contributed by atoms with Crippen LogP contribution in [0.25, 0.3) is 0 Å². The van der Waals surface area contributed by atoms with Crippen LogP contribution in [0.5, 0.6) is 0 Å². The highest BCUT2D eigenvalue weighted by molar-refractivity contribution is 5.66. The summed E-state index contributed by atoms with van der Waals surface area (Å²) in [7, 11) is 0. The largest absolute Gasteiger partial charge is 0.457 e. The van der Waals surface area contributed by atoms with E-state index in [4.69, 9.17) is 18.9 Å². The average molecular weight is 481 g/mol. The van der Waals surface area contributed by atoms with Crippen LogP contribution in [-0.2, 0) is 37.0 Å². The minimum Gasteiger partial charge on any atom is -0.457 e. The van der Waals surface area contributed by atoms with Crippen LogP contribution in [0.1, 0.15) is 24.3 Å². The Morgan fingerprint density at radius 1 is 0.914 bits per heavy atom. The van der Waals surface area contributed by atoms with Crippen molar-refractivity contribution in [3.05, 3.63) is 105 Å². The lowest BCUT2D eigenvalue weighted by molar-refractivity contribution is -0.155. The van der Waals surface area contributed by atoms with Crippen molar-refractivity contribution in [2.45, 2.75) is 38.6 Å². The fourth-order valence-corrected chi connectivity index (χ4v) is 4.09. The lowest BCUT2D eigenvalue weighted by Gasteiger charge is -2.24. The number of nitrogens with zero attached hydrogens (tertiary/aromatic N) is 1. The molecule has 1 N–H and O–H groups in total. The van der Waals surface area contributed by atoms with Gasteiger partial charge in [-0.2, -0.15) is 0 Å². The Morgan fingerprint density at radius 2 is 1.51 bits per heavy atom. The molecular formula is C26H28N2O7. The van der Waals surface area contributed by atoms with Crippen LogP contribution in [0.15, 0.2) is 82.5 Å². The highest BCUT2D eigenvalue weighted by atomic mass is 16.6. The fourth-order valence-electron chi connectivity index (χ4n) is 4.09. The second kappa shape index (κ2) is 11.7. The lowest BCUT2D eigenvalue weighted by atomic mass is 9.99. The molecule has 0 spiro atoms. The van der Waals surface area contributed by atoms with E-state index >= 15 is 0 Å². The second-order valence-electron chi connectivity index (χ2n) is 8.32. The van der Waals surface area contributed by atoms with Gasteiger partial charge in [-0.15, -0.1) is 0 Å². The van der Waals surface area contributed by atoms with E-state index in [1.807, 2.05) is 60.7 Å². The summed E-state index contributed by atoms with van der Waals surface area (Å²) in [4.78, 5) is 38.2. The van der Waals surface area contributed by atoms with Crippen molar-refractivity contribution < 1.29 is 23.7 Å². The number of benzene rings is 2. The number of rotatable bonds is 10. The highest BCUT2D eigenvalue weighted by Crippen LogP contribution is 2.36. The Kier molecular flexibility index (Phi) is 8.25. The maximum absolute atomic E-state index is 12.5. The molecule has 35 heavy (non-hydrogen) atoms. The fraction of sp³-hybridized carbons (Fsp3) is 0.346. The molecule has 9 nitrogen and oxygen atoms in total. The number of ether oxygens (including phenoxy) is 4. The van der Waals surface area contributed by atoms with Crippen molar-refractivity contribution in [1.29, 1.82) is 0 Å². The van der Waals surface area contributed by atoms with Crippen molar-refractivity contribution in [3.63, 3.8) is 0 Å². The number of aromatic nitrogens is 2. The summed E-state index contributed by atoms with van der Waals surface area (Å²) in [5.74, 6) is -0.929. The van der Waals surface area contributed by atoms with Gasteiger partial charge in [0.15, 0.2) is 12.3 Å². The zero-order valence-corrected chi connectivity index (χ0v) is 19.4. The summed E-state index contributed by atoms with van der Waals surface area (Å²) >= 11 is 0. The van der Waals surface area contributed by atoms with Gasteiger partial charge in [-0.25, -0.2) is 4.79 Å². The number of carbonyl (C=O) groups is 1. The maximum Gasteiger partial charge on any atom is 0.330 e. The Balaban J connectivity index is 1.54. The Labute approximate surface area is 202 Å². The molecule has 4 atom stereocenters. The zero-order valence-electron chi connectivity index (χ0n) is 19.4. The maximum atomic E-state index is 12.5. The molecule has 0 bridgehead atoms. The minimum absolute atomic E-state index is 0.195. The second-order valence-corrected chi connectivity index (χ2v) is 8.32. The van der Waals surface area contributed by atoms with Gasteiger partial charge in [0, 0.05) is 19.2 Å². The predicted molar refractivity (Wildman–Crippen MR) is 126 cm³/mol. The average Bonchev–Trinajstić information content (AvgIpc) is 3.16. The Hall–Kier alpha value is -3.53.